The number of hydrogen-bond acceptors (Lipinski definition) is 1. The summed E-state index contributed by atoms with van der Waals surface area (Å²) in [4.78, 5) is 2.42. The second kappa shape index (κ2) is 15.1. The zero-order valence-electron chi connectivity index (χ0n) is 33.0. The molecule has 10 aromatic carbocycles. The van der Waals surface area contributed by atoms with E-state index in [2.05, 4.69) is 252 Å². The van der Waals surface area contributed by atoms with Crippen LogP contribution in [0.4, 0.5) is 17.1 Å². The molecule has 282 valence electrons. The summed E-state index contributed by atoms with van der Waals surface area (Å²) in [7, 11) is 0. The number of fused-ring (bicyclic) bond motifs is 4. The molecule has 0 saturated heterocycles. The molecule has 0 fully saturated rings. The van der Waals surface area contributed by atoms with Crippen molar-refractivity contribution < 1.29 is 0 Å². The van der Waals surface area contributed by atoms with Gasteiger partial charge in [-0.2, -0.15) is 0 Å². The van der Waals surface area contributed by atoms with Gasteiger partial charge in [-0.1, -0.05) is 182 Å². The number of hydrogen-bond donors (Lipinski definition) is 0. The van der Waals surface area contributed by atoms with Crippen LogP contribution in [-0.4, -0.2) is 4.57 Å². The molecule has 0 atom stereocenters. The standard InChI is InChI=1S/C58H40N2/c1-3-15-41(16-4-1)43-29-34-48(35-30-43)59(49-36-31-45(32-37-49)52-26-14-20-44-19-7-8-23-51(44)52)58-38-33-46(42-17-5-2-6-18-42)40-55(58)47-21-13-22-50(39-47)60-56-27-11-9-24-53(56)54-25-10-12-28-57(54)60/h1-40H. The van der Waals surface area contributed by atoms with Gasteiger partial charge in [0.1, 0.15) is 0 Å². The third-order valence-electron chi connectivity index (χ3n) is 11.8. The van der Waals surface area contributed by atoms with E-state index in [1.54, 1.807) is 0 Å². The SMILES string of the molecule is c1ccc(-c2ccc(N(c3ccc(-c4cccc5ccccc45)cc3)c3ccc(-c4ccccc4)cc3-c3cccc(-n4c5ccccc5c5ccccc54)c3)cc2)cc1. The Kier molecular flexibility index (Phi) is 8.87. The van der Waals surface area contributed by atoms with E-state index in [1.807, 2.05) is 0 Å². The maximum Gasteiger partial charge on any atom is 0.0541 e. The second-order valence-corrected chi connectivity index (χ2v) is 15.3. The molecular weight excluding hydrogens is 725 g/mol. The average Bonchev–Trinajstić information content (AvgIpc) is 3.67. The van der Waals surface area contributed by atoms with Crippen molar-refractivity contribution in [2.45, 2.75) is 0 Å². The van der Waals surface area contributed by atoms with Gasteiger partial charge in [-0.05, 0) is 110 Å². The van der Waals surface area contributed by atoms with E-state index in [4.69, 9.17) is 0 Å². The van der Waals surface area contributed by atoms with Crippen molar-refractivity contribution in [2.24, 2.45) is 0 Å². The number of aromatic nitrogens is 1. The molecule has 11 aromatic rings. The third-order valence-corrected chi connectivity index (χ3v) is 11.8. The highest BCUT2D eigenvalue weighted by atomic mass is 15.1. The largest absolute Gasteiger partial charge is 0.310 e. The van der Waals surface area contributed by atoms with Crippen LogP contribution in [0, 0.1) is 0 Å². The van der Waals surface area contributed by atoms with E-state index >= 15 is 0 Å². The highest BCUT2D eigenvalue weighted by molar-refractivity contribution is 6.09. The van der Waals surface area contributed by atoms with Gasteiger partial charge >= 0.3 is 0 Å². The van der Waals surface area contributed by atoms with Crippen LogP contribution in [0.25, 0.3) is 82.8 Å². The van der Waals surface area contributed by atoms with Crippen LogP contribution in [0.2, 0.25) is 0 Å². The predicted molar refractivity (Wildman–Crippen MR) is 255 cm³/mol. The fourth-order valence-electron chi connectivity index (χ4n) is 8.91. The summed E-state index contributed by atoms with van der Waals surface area (Å²) >= 11 is 0. The van der Waals surface area contributed by atoms with E-state index in [-0.39, 0.29) is 0 Å². The molecule has 0 unspecified atom stereocenters. The third kappa shape index (κ3) is 6.32. The van der Waals surface area contributed by atoms with Crippen LogP contribution in [0.15, 0.2) is 243 Å². The fraction of sp³-hybridized carbons (Fsp3) is 0. The molecule has 0 aliphatic carbocycles. The Balaban J connectivity index is 1.11. The van der Waals surface area contributed by atoms with Crippen LogP contribution in [0.1, 0.15) is 0 Å². The number of benzene rings is 10. The molecule has 1 aromatic heterocycles. The number of anilines is 3. The van der Waals surface area contributed by atoms with Gasteiger partial charge in [-0.3, -0.25) is 0 Å². The Labute approximate surface area is 350 Å². The van der Waals surface area contributed by atoms with Crippen molar-refractivity contribution in [1.82, 2.24) is 4.57 Å². The lowest BCUT2D eigenvalue weighted by molar-refractivity contribution is 1.18. The summed E-state index contributed by atoms with van der Waals surface area (Å²) in [6.45, 7) is 0. The van der Waals surface area contributed by atoms with Crippen molar-refractivity contribution in [3.8, 4) is 50.2 Å². The molecule has 0 aliphatic heterocycles. The van der Waals surface area contributed by atoms with E-state index in [9.17, 15) is 0 Å². The van der Waals surface area contributed by atoms with E-state index in [1.165, 1.54) is 66.0 Å². The summed E-state index contributed by atoms with van der Waals surface area (Å²) in [5, 5.41) is 5.00. The monoisotopic (exact) mass is 764 g/mol. The number of para-hydroxylation sites is 2. The Morgan fingerprint density at radius 1 is 0.283 bits per heavy atom. The highest BCUT2D eigenvalue weighted by Crippen LogP contribution is 2.44. The Bertz CT molecular complexity index is 3230. The first kappa shape index (κ1) is 35.2. The van der Waals surface area contributed by atoms with Crippen LogP contribution < -0.4 is 4.90 Å². The summed E-state index contributed by atoms with van der Waals surface area (Å²) in [6.07, 6.45) is 0. The summed E-state index contributed by atoms with van der Waals surface area (Å²) in [5.74, 6) is 0. The Morgan fingerprint density at radius 3 is 1.43 bits per heavy atom. The van der Waals surface area contributed by atoms with Crippen LogP contribution >= 0.6 is 0 Å². The predicted octanol–water partition coefficient (Wildman–Crippen LogP) is 16.1. The van der Waals surface area contributed by atoms with Gasteiger partial charge in [-0.25, -0.2) is 0 Å². The molecule has 0 saturated carbocycles. The molecule has 0 aliphatic rings. The molecule has 2 heteroatoms. The second-order valence-electron chi connectivity index (χ2n) is 15.3. The minimum atomic E-state index is 1.08. The molecule has 11 rings (SSSR count). The van der Waals surface area contributed by atoms with Crippen LogP contribution in [-0.2, 0) is 0 Å². The van der Waals surface area contributed by atoms with E-state index < -0.39 is 0 Å². The normalized spacial score (nSPS) is 11.3. The lowest BCUT2D eigenvalue weighted by Crippen LogP contribution is -2.11. The Morgan fingerprint density at radius 2 is 0.767 bits per heavy atom. The molecule has 0 spiro atoms. The van der Waals surface area contributed by atoms with Crippen molar-refractivity contribution in [1.29, 1.82) is 0 Å². The molecule has 60 heavy (non-hydrogen) atoms. The quantitative estimate of drug-likeness (QED) is 0.150. The smallest absolute Gasteiger partial charge is 0.0541 e. The molecule has 0 bridgehead atoms. The fourth-order valence-corrected chi connectivity index (χ4v) is 8.91. The molecular formula is C58H40N2. The average molecular weight is 765 g/mol. The molecule has 0 amide bonds. The van der Waals surface area contributed by atoms with Crippen molar-refractivity contribution in [2.75, 3.05) is 4.90 Å². The first-order valence-corrected chi connectivity index (χ1v) is 20.6. The lowest BCUT2D eigenvalue weighted by Gasteiger charge is -2.29. The molecule has 1 heterocycles. The zero-order valence-corrected chi connectivity index (χ0v) is 33.0. The van der Waals surface area contributed by atoms with Gasteiger partial charge in [-0.15, -0.1) is 0 Å². The van der Waals surface area contributed by atoms with Gasteiger partial charge in [0.25, 0.3) is 0 Å². The van der Waals surface area contributed by atoms with Gasteiger partial charge in [0, 0.05) is 33.4 Å². The maximum atomic E-state index is 2.42. The van der Waals surface area contributed by atoms with Crippen molar-refractivity contribution in [3.63, 3.8) is 0 Å². The number of nitrogens with zero attached hydrogens (tertiary/aromatic N) is 2. The van der Waals surface area contributed by atoms with Crippen molar-refractivity contribution in [3.05, 3.63) is 243 Å². The number of rotatable bonds is 8. The van der Waals surface area contributed by atoms with Gasteiger partial charge < -0.3 is 9.47 Å². The molecule has 2 nitrogen and oxygen atoms in total. The van der Waals surface area contributed by atoms with E-state index in [0.29, 0.717) is 0 Å². The minimum Gasteiger partial charge on any atom is -0.310 e. The molecule has 0 N–H and O–H groups in total. The summed E-state index contributed by atoms with van der Waals surface area (Å²) in [5.41, 5.74) is 16.2. The topological polar surface area (TPSA) is 8.17 Å². The summed E-state index contributed by atoms with van der Waals surface area (Å²) in [6, 6.07) is 88.0. The first-order valence-electron chi connectivity index (χ1n) is 20.6. The summed E-state index contributed by atoms with van der Waals surface area (Å²) < 4.78 is 2.40. The highest BCUT2D eigenvalue weighted by Gasteiger charge is 2.20. The maximum absolute atomic E-state index is 2.42. The zero-order chi connectivity index (χ0) is 39.8. The van der Waals surface area contributed by atoms with E-state index in [0.717, 1.165) is 33.9 Å². The van der Waals surface area contributed by atoms with Gasteiger partial charge in [0.15, 0.2) is 0 Å². The van der Waals surface area contributed by atoms with Crippen LogP contribution in [0.3, 0.4) is 0 Å². The van der Waals surface area contributed by atoms with Crippen LogP contribution in [0.5, 0.6) is 0 Å². The first-order chi connectivity index (χ1) is 29.8. The van der Waals surface area contributed by atoms with Gasteiger partial charge in [0.2, 0.25) is 0 Å². The van der Waals surface area contributed by atoms with Gasteiger partial charge in [0.05, 0.1) is 16.7 Å². The Hall–Kier alpha value is -7.94. The van der Waals surface area contributed by atoms with Crippen molar-refractivity contribution >= 4 is 49.6 Å². The molecule has 0 radical (unpaired) electrons. The minimum absolute atomic E-state index is 1.08. The lowest BCUT2D eigenvalue weighted by atomic mass is 9.95.